The number of alkyl halides is 1. The molecule has 2 amide bonds. The zero-order chi connectivity index (χ0) is 18.7. The van der Waals surface area contributed by atoms with Crippen molar-refractivity contribution in [3.63, 3.8) is 0 Å². The van der Waals surface area contributed by atoms with Crippen LogP contribution in [0.3, 0.4) is 0 Å². The molecule has 0 atom stereocenters. The molecule has 1 aliphatic rings. The molecule has 0 bridgehead atoms. The van der Waals surface area contributed by atoms with Crippen molar-refractivity contribution in [3.8, 4) is 11.4 Å². The number of piperidine rings is 1. The van der Waals surface area contributed by atoms with Gasteiger partial charge in [0, 0.05) is 49.6 Å². The van der Waals surface area contributed by atoms with Crippen LogP contribution in [0.2, 0.25) is 0 Å². The van der Waals surface area contributed by atoms with Gasteiger partial charge in [-0.1, -0.05) is 23.4 Å². The number of hydrogen-bond acceptors (Lipinski definition) is 5. The van der Waals surface area contributed by atoms with Crippen molar-refractivity contribution in [2.24, 2.45) is 0 Å². The Bertz CT molecular complexity index is 908. The highest BCUT2D eigenvalue weighted by Crippen LogP contribution is 2.36. The van der Waals surface area contributed by atoms with Crippen molar-refractivity contribution in [3.05, 3.63) is 60.7 Å². The number of pyridine rings is 1. The number of urea groups is 1. The first-order chi connectivity index (χ1) is 13.1. The zero-order valence-corrected chi connectivity index (χ0v) is 14.5. The van der Waals surface area contributed by atoms with Crippen LogP contribution in [-0.4, -0.2) is 39.1 Å². The summed E-state index contributed by atoms with van der Waals surface area (Å²) in [5, 5.41) is 6.68. The third-order valence-electron chi connectivity index (χ3n) is 4.62. The Morgan fingerprint density at radius 2 is 1.81 bits per heavy atom. The number of anilines is 1. The Morgan fingerprint density at radius 3 is 2.52 bits per heavy atom. The fraction of sp³-hybridized carbons (Fsp3) is 0.263. The van der Waals surface area contributed by atoms with Crippen LogP contribution in [0.5, 0.6) is 0 Å². The third kappa shape index (κ3) is 3.64. The SMILES string of the molecule is O=C(Nc1ccccc1)N1CCC(F)(c2nc(-c3ccncc3)no2)CC1. The van der Waals surface area contributed by atoms with Crippen LogP contribution in [0.4, 0.5) is 14.9 Å². The van der Waals surface area contributed by atoms with Gasteiger partial charge in [0.2, 0.25) is 5.82 Å². The number of benzene rings is 1. The van der Waals surface area contributed by atoms with Crippen LogP contribution in [0.15, 0.2) is 59.4 Å². The largest absolute Gasteiger partial charge is 0.335 e. The highest BCUT2D eigenvalue weighted by Gasteiger charge is 2.42. The van der Waals surface area contributed by atoms with Gasteiger partial charge in [0.25, 0.3) is 5.89 Å². The molecular formula is C19H18FN5O2. The lowest BCUT2D eigenvalue weighted by Crippen LogP contribution is -2.45. The molecule has 0 radical (unpaired) electrons. The summed E-state index contributed by atoms with van der Waals surface area (Å²) >= 11 is 0. The van der Waals surface area contributed by atoms with Crippen LogP contribution < -0.4 is 5.32 Å². The van der Waals surface area contributed by atoms with E-state index in [1.54, 1.807) is 41.6 Å². The van der Waals surface area contributed by atoms with Gasteiger partial charge >= 0.3 is 6.03 Å². The smallest absolute Gasteiger partial charge is 0.321 e. The van der Waals surface area contributed by atoms with E-state index in [1.165, 1.54) is 0 Å². The summed E-state index contributed by atoms with van der Waals surface area (Å²) in [6.45, 7) is 0.532. The second-order valence-corrected chi connectivity index (χ2v) is 6.41. The van der Waals surface area contributed by atoms with E-state index in [4.69, 9.17) is 4.52 Å². The molecule has 27 heavy (non-hydrogen) atoms. The van der Waals surface area contributed by atoms with Crippen molar-refractivity contribution in [1.29, 1.82) is 0 Å². The first kappa shape index (κ1) is 17.1. The highest BCUT2D eigenvalue weighted by atomic mass is 19.1. The number of hydrogen-bond donors (Lipinski definition) is 1. The van der Waals surface area contributed by atoms with Gasteiger partial charge in [0.1, 0.15) is 0 Å². The molecule has 8 heteroatoms. The minimum absolute atomic E-state index is 0.0440. The standard InChI is InChI=1S/C19H18FN5O2/c20-19(17-23-16(24-27-17)14-6-10-21-11-7-14)8-12-25(13-9-19)18(26)22-15-4-2-1-3-5-15/h1-7,10-11H,8-9,12-13H2,(H,22,26). The normalized spacial score (nSPS) is 16.1. The summed E-state index contributed by atoms with van der Waals surface area (Å²) in [6, 6.07) is 12.4. The second-order valence-electron chi connectivity index (χ2n) is 6.41. The first-order valence-corrected chi connectivity index (χ1v) is 8.68. The molecule has 138 valence electrons. The molecule has 3 aromatic rings. The molecule has 3 heterocycles. The zero-order valence-electron chi connectivity index (χ0n) is 14.5. The number of amides is 2. The van der Waals surface area contributed by atoms with Crippen molar-refractivity contribution in [1.82, 2.24) is 20.0 Å². The fourth-order valence-electron chi connectivity index (χ4n) is 3.03. The maximum absolute atomic E-state index is 15.3. The summed E-state index contributed by atoms with van der Waals surface area (Å²) in [4.78, 5) is 22.1. The van der Waals surface area contributed by atoms with Gasteiger partial charge in [0.05, 0.1) is 0 Å². The molecule has 1 saturated heterocycles. The Labute approximate surface area is 155 Å². The molecule has 7 nitrogen and oxygen atoms in total. The van der Waals surface area contributed by atoms with Crippen molar-refractivity contribution in [2.45, 2.75) is 18.5 Å². The molecule has 0 unspecified atom stereocenters. The Kier molecular flexibility index (Phi) is 4.53. The van der Waals surface area contributed by atoms with Crippen molar-refractivity contribution >= 4 is 11.7 Å². The molecule has 4 rings (SSSR count). The average molecular weight is 367 g/mol. The Morgan fingerprint density at radius 1 is 1.11 bits per heavy atom. The number of halogens is 1. The van der Waals surface area contributed by atoms with Gasteiger partial charge in [-0.05, 0) is 24.3 Å². The number of likely N-dealkylation sites (tertiary alicyclic amines) is 1. The Balaban J connectivity index is 1.41. The first-order valence-electron chi connectivity index (χ1n) is 8.68. The van der Waals surface area contributed by atoms with Gasteiger partial charge < -0.3 is 14.7 Å². The lowest BCUT2D eigenvalue weighted by Gasteiger charge is -2.34. The van der Waals surface area contributed by atoms with E-state index < -0.39 is 5.67 Å². The van der Waals surface area contributed by atoms with E-state index in [-0.39, 0.29) is 37.9 Å². The minimum Gasteiger partial charge on any atom is -0.335 e. The molecule has 0 spiro atoms. The Hall–Kier alpha value is -3.29. The van der Waals surface area contributed by atoms with Crippen molar-refractivity contribution in [2.75, 3.05) is 18.4 Å². The molecule has 0 saturated carbocycles. The van der Waals surface area contributed by atoms with E-state index in [0.29, 0.717) is 17.1 Å². The number of nitrogens with one attached hydrogen (secondary N) is 1. The molecule has 0 aliphatic carbocycles. The third-order valence-corrected chi connectivity index (χ3v) is 4.62. The summed E-state index contributed by atoms with van der Waals surface area (Å²) < 4.78 is 20.5. The van der Waals surface area contributed by atoms with Gasteiger partial charge in [-0.15, -0.1) is 0 Å². The van der Waals surface area contributed by atoms with E-state index in [2.05, 4.69) is 20.4 Å². The van der Waals surface area contributed by atoms with Crippen LogP contribution in [0.25, 0.3) is 11.4 Å². The lowest BCUT2D eigenvalue weighted by atomic mass is 9.93. The number of nitrogens with zero attached hydrogens (tertiary/aromatic N) is 4. The molecule has 1 N–H and O–H groups in total. The highest BCUT2D eigenvalue weighted by molar-refractivity contribution is 5.89. The molecule has 1 aliphatic heterocycles. The number of aromatic nitrogens is 3. The molecular weight excluding hydrogens is 349 g/mol. The number of carbonyl (C=O) groups is 1. The maximum Gasteiger partial charge on any atom is 0.321 e. The van der Waals surface area contributed by atoms with E-state index in [0.717, 1.165) is 0 Å². The van der Waals surface area contributed by atoms with Crippen LogP contribution in [0.1, 0.15) is 18.7 Å². The number of carbonyl (C=O) groups excluding carboxylic acids is 1. The monoisotopic (exact) mass is 367 g/mol. The topological polar surface area (TPSA) is 84.2 Å². The average Bonchev–Trinajstić information content (AvgIpc) is 3.21. The number of rotatable bonds is 3. The summed E-state index contributed by atoms with van der Waals surface area (Å²) in [5.74, 6) is 0.283. The lowest BCUT2D eigenvalue weighted by molar-refractivity contribution is 0.0411. The van der Waals surface area contributed by atoms with Crippen LogP contribution >= 0.6 is 0 Å². The predicted octanol–water partition coefficient (Wildman–Crippen LogP) is 3.62. The predicted molar refractivity (Wildman–Crippen MR) is 96.6 cm³/mol. The van der Waals surface area contributed by atoms with Crippen LogP contribution in [0, 0.1) is 0 Å². The minimum atomic E-state index is -1.73. The van der Waals surface area contributed by atoms with Gasteiger partial charge in [-0.3, -0.25) is 4.98 Å². The van der Waals surface area contributed by atoms with Gasteiger partial charge in [-0.2, -0.15) is 4.98 Å². The second kappa shape index (κ2) is 7.14. The van der Waals surface area contributed by atoms with Crippen LogP contribution in [-0.2, 0) is 5.67 Å². The number of para-hydroxylation sites is 1. The van der Waals surface area contributed by atoms with Gasteiger partial charge in [-0.25, -0.2) is 9.18 Å². The van der Waals surface area contributed by atoms with Crippen molar-refractivity contribution < 1.29 is 13.7 Å². The summed E-state index contributed by atoms with van der Waals surface area (Å²) in [7, 11) is 0. The summed E-state index contributed by atoms with van der Waals surface area (Å²) in [5.41, 5.74) is -0.316. The quantitative estimate of drug-likeness (QED) is 0.764. The molecule has 2 aromatic heterocycles. The van der Waals surface area contributed by atoms with E-state index in [9.17, 15) is 4.79 Å². The fourth-order valence-corrected chi connectivity index (χ4v) is 3.03. The summed E-state index contributed by atoms with van der Waals surface area (Å²) in [6.07, 6.45) is 3.43. The maximum atomic E-state index is 15.3. The van der Waals surface area contributed by atoms with Gasteiger partial charge in [0.15, 0.2) is 5.67 Å². The molecule has 1 aromatic carbocycles. The van der Waals surface area contributed by atoms with E-state index >= 15 is 4.39 Å². The van der Waals surface area contributed by atoms with E-state index in [1.807, 2.05) is 18.2 Å². The molecule has 1 fully saturated rings.